The van der Waals surface area contributed by atoms with E-state index in [0.717, 1.165) is 0 Å². The Morgan fingerprint density at radius 1 is 0.812 bits per heavy atom. The van der Waals surface area contributed by atoms with Gasteiger partial charge >= 0.3 is 0 Å². The fourth-order valence-corrected chi connectivity index (χ4v) is 0.798. The van der Waals surface area contributed by atoms with Gasteiger partial charge in [0.15, 0.2) is 0 Å². The van der Waals surface area contributed by atoms with Gasteiger partial charge < -0.3 is 10.2 Å². The van der Waals surface area contributed by atoms with E-state index in [0.29, 0.717) is 12.8 Å². The molecule has 0 heterocycles. The van der Waals surface area contributed by atoms with Crippen LogP contribution in [0.5, 0.6) is 0 Å². The largest absolute Gasteiger partial charge is 0.396 e. The van der Waals surface area contributed by atoms with Crippen molar-refractivity contribution in [1.29, 1.82) is 0 Å². The molecule has 4 nitrogen and oxygen atoms in total. The maximum Gasteiger partial charge on any atom is 0.137 e. The quantitative estimate of drug-likeness (QED) is 0.721. The Balaban J connectivity index is 0. The third-order valence-electron chi connectivity index (χ3n) is 2.00. The number of aliphatic hydroxyl groups excluding tert-OH is 2. The molecule has 0 radical (unpaired) electrons. The summed E-state index contributed by atoms with van der Waals surface area (Å²) in [6.07, 6.45) is 0.606. The Bertz CT molecular complexity index is 175. The van der Waals surface area contributed by atoms with E-state index in [2.05, 4.69) is 0 Å². The van der Waals surface area contributed by atoms with Crippen molar-refractivity contribution in [2.75, 3.05) is 13.2 Å². The maximum atomic E-state index is 10.6. The van der Waals surface area contributed by atoms with E-state index in [1.165, 1.54) is 0 Å². The summed E-state index contributed by atoms with van der Waals surface area (Å²) in [5, 5.41) is 16.5. The summed E-state index contributed by atoms with van der Waals surface area (Å²) >= 11 is 0. The van der Waals surface area contributed by atoms with Crippen LogP contribution in [0.4, 0.5) is 0 Å². The highest BCUT2D eigenvalue weighted by molar-refractivity contribution is 5.80. The van der Waals surface area contributed by atoms with Gasteiger partial charge in [-0.15, -0.1) is 0 Å². The van der Waals surface area contributed by atoms with E-state index in [1.54, 1.807) is 0 Å². The summed E-state index contributed by atoms with van der Waals surface area (Å²) in [7, 11) is 0. The molecule has 0 aromatic carbocycles. The van der Waals surface area contributed by atoms with Crippen molar-refractivity contribution in [3.63, 3.8) is 0 Å². The summed E-state index contributed by atoms with van der Waals surface area (Å²) in [6.45, 7) is 7.29. The number of carbonyl (C=O) groups is 2. The highest BCUT2D eigenvalue weighted by atomic mass is 16.3. The van der Waals surface area contributed by atoms with Crippen LogP contribution in [0.2, 0.25) is 0 Å². The third-order valence-corrected chi connectivity index (χ3v) is 2.00. The van der Waals surface area contributed by atoms with Crippen molar-refractivity contribution in [2.24, 2.45) is 11.8 Å². The zero-order chi connectivity index (χ0) is 13.1. The number of hydrogen-bond acceptors (Lipinski definition) is 4. The Morgan fingerprint density at radius 3 is 1.12 bits per heavy atom. The molecule has 0 spiro atoms. The Morgan fingerprint density at radius 2 is 1.06 bits per heavy atom. The second-order valence-electron chi connectivity index (χ2n) is 4.19. The first-order chi connectivity index (χ1) is 7.36. The van der Waals surface area contributed by atoms with Crippen LogP contribution < -0.4 is 0 Å². The van der Waals surface area contributed by atoms with Crippen molar-refractivity contribution in [1.82, 2.24) is 0 Å². The minimum Gasteiger partial charge on any atom is -0.396 e. The number of carbonyl (C=O) groups excluding carboxylic acids is 2. The zero-order valence-electron chi connectivity index (χ0n) is 10.7. The fourth-order valence-electron chi connectivity index (χ4n) is 0.798. The zero-order valence-corrected chi connectivity index (χ0v) is 10.7. The lowest BCUT2D eigenvalue weighted by Crippen LogP contribution is -2.07. The van der Waals surface area contributed by atoms with Crippen molar-refractivity contribution < 1.29 is 19.8 Å². The van der Waals surface area contributed by atoms with Crippen LogP contribution in [0.25, 0.3) is 0 Å². The van der Waals surface area contributed by atoms with Crippen molar-refractivity contribution in [3.8, 4) is 0 Å². The average molecular weight is 232 g/mol. The molecule has 0 unspecified atom stereocenters. The van der Waals surface area contributed by atoms with E-state index in [9.17, 15) is 9.59 Å². The average Bonchev–Trinajstić information content (AvgIpc) is 2.19. The Hall–Kier alpha value is -0.740. The molecule has 0 bridgehead atoms. The van der Waals surface area contributed by atoms with Crippen LogP contribution in [-0.4, -0.2) is 35.0 Å². The van der Waals surface area contributed by atoms with Gasteiger partial charge in [-0.05, 0) is 0 Å². The van der Waals surface area contributed by atoms with Crippen LogP contribution in [0.3, 0.4) is 0 Å². The maximum absolute atomic E-state index is 10.6. The first-order valence-electron chi connectivity index (χ1n) is 5.63. The molecule has 0 aliphatic rings. The molecule has 0 aromatic rings. The number of ketones is 2. The molecule has 0 saturated carbocycles. The van der Waals surface area contributed by atoms with Gasteiger partial charge in [-0.25, -0.2) is 0 Å². The van der Waals surface area contributed by atoms with Gasteiger partial charge in [-0.2, -0.15) is 0 Å². The molecule has 0 fully saturated rings. The topological polar surface area (TPSA) is 74.6 Å². The predicted octanol–water partition coefficient (Wildman–Crippen LogP) is 1.19. The van der Waals surface area contributed by atoms with Crippen LogP contribution in [0.15, 0.2) is 0 Å². The van der Waals surface area contributed by atoms with E-state index in [4.69, 9.17) is 10.2 Å². The second-order valence-corrected chi connectivity index (χ2v) is 4.19. The molecule has 0 aromatic heterocycles. The summed E-state index contributed by atoms with van der Waals surface area (Å²) < 4.78 is 0. The number of aliphatic hydroxyl groups is 2. The van der Waals surface area contributed by atoms with Gasteiger partial charge in [0, 0.05) is 37.9 Å². The molecule has 4 heteroatoms. The third kappa shape index (κ3) is 11.3. The van der Waals surface area contributed by atoms with E-state index in [-0.39, 0.29) is 36.6 Å². The van der Waals surface area contributed by atoms with Crippen molar-refractivity contribution in [3.05, 3.63) is 0 Å². The van der Waals surface area contributed by atoms with E-state index in [1.807, 2.05) is 27.7 Å². The first-order valence-corrected chi connectivity index (χ1v) is 5.63. The van der Waals surface area contributed by atoms with Crippen LogP contribution >= 0.6 is 0 Å². The number of rotatable bonds is 6. The van der Waals surface area contributed by atoms with E-state index < -0.39 is 0 Å². The molecule has 0 amide bonds. The second kappa shape index (κ2) is 10.8. The minimum absolute atomic E-state index is 0.0169. The molecule has 16 heavy (non-hydrogen) atoms. The molecular formula is C12H24O4. The predicted molar refractivity (Wildman–Crippen MR) is 63.1 cm³/mol. The van der Waals surface area contributed by atoms with Gasteiger partial charge in [0.2, 0.25) is 0 Å². The van der Waals surface area contributed by atoms with Gasteiger partial charge in [0.1, 0.15) is 11.6 Å². The van der Waals surface area contributed by atoms with E-state index >= 15 is 0 Å². The van der Waals surface area contributed by atoms with Gasteiger partial charge in [0.05, 0.1) is 0 Å². The highest BCUT2D eigenvalue weighted by Gasteiger charge is 2.04. The van der Waals surface area contributed by atoms with Crippen molar-refractivity contribution >= 4 is 11.6 Å². The molecule has 0 rings (SSSR count). The molecule has 0 aliphatic heterocycles. The molecule has 0 atom stereocenters. The van der Waals surface area contributed by atoms with Gasteiger partial charge in [0.25, 0.3) is 0 Å². The molecular weight excluding hydrogens is 208 g/mol. The van der Waals surface area contributed by atoms with Gasteiger partial charge in [-0.1, -0.05) is 27.7 Å². The summed E-state index contributed by atoms with van der Waals surface area (Å²) in [6, 6.07) is 0. The molecule has 96 valence electrons. The molecule has 0 saturated heterocycles. The molecule has 0 aliphatic carbocycles. The standard InChI is InChI=1S/2C6H12O2/c2*1-5(2)6(8)3-4-7/h2*5,7H,3-4H2,1-2H3. The van der Waals surface area contributed by atoms with Crippen LogP contribution in [0.1, 0.15) is 40.5 Å². The lowest BCUT2D eigenvalue weighted by atomic mass is 10.1. The summed E-state index contributed by atoms with van der Waals surface area (Å²) in [5.74, 6) is 0.407. The smallest absolute Gasteiger partial charge is 0.137 e. The van der Waals surface area contributed by atoms with Crippen LogP contribution in [0, 0.1) is 11.8 Å². The highest BCUT2D eigenvalue weighted by Crippen LogP contribution is 1.96. The summed E-state index contributed by atoms with van der Waals surface area (Å²) in [4.78, 5) is 21.2. The Kier molecular flexibility index (Phi) is 11.9. The van der Waals surface area contributed by atoms with Crippen molar-refractivity contribution in [2.45, 2.75) is 40.5 Å². The summed E-state index contributed by atoms with van der Waals surface area (Å²) in [5.41, 5.74) is 0. The first kappa shape index (κ1) is 17.6. The SMILES string of the molecule is CC(C)C(=O)CCO.CC(C)C(=O)CCO. The fraction of sp³-hybridized carbons (Fsp3) is 0.833. The Labute approximate surface area is 97.7 Å². The lowest BCUT2D eigenvalue weighted by Gasteiger charge is -1.98. The lowest BCUT2D eigenvalue weighted by molar-refractivity contribution is -0.123. The minimum atomic E-state index is -0.0169. The van der Waals surface area contributed by atoms with Crippen LogP contribution in [-0.2, 0) is 9.59 Å². The normalized spacial score (nSPS) is 10.0. The molecule has 2 N–H and O–H groups in total. The van der Waals surface area contributed by atoms with Gasteiger partial charge in [-0.3, -0.25) is 9.59 Å². The number of hydrogen-bond donors (Lipinski definition) is 2. The number of Topliss-reactive ketones (excluding diaryl/α,β-unsaturated/α-hetero) is 2. The monoisotopic (exact) mass is 232 g/mol.